The lowest BCUT2D eigenvalue weighted by atomic mass is 10.3. The zero-order chi connectivity index (χ0) is 21.5. The van der Waals surface area contributed by atoms with Crippen molar-refractivity contribution in [2.75, 3.05) is 25.6 Å². The number of rotatable bonds is 7. The summed E-state index contributed by atoms with van der Waals surface area (Å²) in [5, 5.41) is 5.49. The van der Waals surface area contributed by atoms with Gasteiger partial charge in [0.2, 0.25) is 5.91 Å². The van der Waals surface area contributed by atoms with Gasteiger partial charge in [0.15, 0.2) is 17.5 Å². The Morgan fingerprint density at radius 3 is 2.69 bits per heavy atom. The molecule has 0 bridgehead atoms. The second-order valence-electron chi connectivity index (χ2n) is 5.51. The Bertz CT molecular complexity index is 813. The van der Waals surface area contributed by atoms with Gasteiger partial charge in [0.1, 0.15) is 5.75 Å². The smallest absolute Gasteiger partial charge is 0.216 e. The minimum atomic E-state index is -0.0120. The molecule has 1 amide bonds. The van der Waals surface area contributed by atoms with E-state index < -0.39 is 0 Å². The number of carbonyl (C=O) groups excluding carboxylic acids is 1. The highest BCUT2D eigenvalue weighted by Crippen LogP contribution is 2.30. The van der Waals surface area contributed by atoms with Crippen LogP contribution in [0.4, 0.5) is 5.82 Å². The summed E-state index contributed by atoms with van der Waals surface area (Å²) in [6.07, 6.45) is 5.03. The minimum Gasteiger partial charge on any atom is -0.453 e. The first-order chi connectivity index (χ1) is 14.0. The number of nitrogens with one attached hydrogen (secondary N) is 2. The molecule has 1 heterocycles. The quantitative estimate of drug-likeness (QED) is 0.328. The van der Waals surface area contributed by atoms with Crippen LogP contribution in [0.2, 0.25) is 0 Å². The zero-order valence-corrected chi connectivity index (χ0v) is 18.3. The monoisotopic (exact) mass is 463 g/mol. The van der Waals surface area contributed by atoms with Crippen molar-refractivity contribution in [3.05, 3.63) is 59.3 Å². The summed E-state index contributed by atoms with van der Waals surface area (Å²) >= 11 is 3.37. The third-order valence-electron chi connectivity index (χ3n) is 3.08. The number of hydrogen-bond acceptors (Lipinski definition) is 5. The van der Waals surface area contributed by atoms with Gasteiger partial charge in [-0.1, -0.05) is 24.3 Å². The molecular formula is C20H26BrN5O3. The van der Waals surface area contributed by atoms with Gasteiger partial charge < -0.3 is 25.8 Å². The van der Waals surface area contributed by atoms with Crippen LogP contribution in [0.1, 0.15) is 13.8 Å². The van der Waals surface area contributed by atoms with E-state index in [1.807, 2.05) is 43.3 Å². The molecule has 0 saturated heterocycles. The molecule has 0 fully saturated rings. The van der Waals surface area contributed by atoms with E-state index in [0.29, 0.717) is 30.5 Å². The Morgan fingerprint density at radius 2 is 2.07 bits per heavy atom. The molecule has 2 rings (SSSR count). The summed E-state index contributed by atoms with van der Waals surface area (Å²) in [6.45, 7) is 4.53. The topological polar surface area (TPSA) is 111 Å². The minimum absolute atomic E-state index is 0.0120. The third kappa shape index (κ3) is 10.9. The largest absolute Gasteiger partial charge is 0.453 e. The number of aliphatic imine (C=N–C) groups is 1. The van der Waals surface area contributed by atoms with Gasteiger partial charge in [-0.05, 0) is 35.0 Å². The molecular weight excluding hydrogens is 438 g/mol. The fourth-order valence-electron chi connectivity index (χ4n) is 1.85. The van der Waals surface area contributed by atoms with E-state index in [4.69, 9.17) is 10.5 Å². The van der Waals surface area contributed by atoms with Crippen molar-refractivity contribution >= 4 is 33.6 Å². The number of amides is 1. The SMILES string of the molecule is C/C=C/N=C(N)Nc1ncc(Br)cc1Oc1ccccc1.COCCNC(C)=O. The Balaban J connectivity index is 0.000000447. The van der Waals surface area contributed by atoms with Gasteiger partial charge in [-0.15, -0.1) is 0 Å². The first-order valence-electron chi connectivity index (χ1n) is 8.79. The molecule has 4 N–H and O–H groups in total. The van der Waals surface area contributed by atoms with Crippen LogP contribution in [0.5, 0.6) is 11.5 Å². The molecule has 0 radical (unpaired) electrons. The lowest BCUT2D eigenvalue weighted by molar-refractivity contribution is -0.119. The molecule has 0 spiro atoms. The number of methoxy groups -OCH3 is 1. The van der Waals surface area contributed by atoms with Gasteiger partial charge in [0, 0.05) is 43.5 Å². The van der Waals surface area contributed by atoms with E-state index in [0.717, 1.165) is 4.47 Å². The molecule has 0 aliphatic carbocycles. The zero-order valence-electron chi connectivity index (χ0n) is 16.7. The number of guanidine groups is 1. The van der Waals surface area contributed by atoms with E-state index in [-0.39, 0.29) is 11.9 Å². The van der Waals surface area contributed by atoms with Crippen molar-refractivity contribution in [3.63, 3.8) is 0 Å². The van der Waals surface area contributed by atoms with Gasteiger partial charge in [0.05, 0.1) is 6.61 Å². The van der Waals surface area contributed by atoms with Gasteiger partial charge in [0.25, 0.3) is 0 Å². The van der Waals surface area contributed by atoms with Gasteiger partial charge in [-0.3, -0.25) is 4.79 Å². The summed E-state index contributed by atoms with van der Waals surface area (Å²) in [4.78, 5) is 18.4. The average molecular weight is 464 g/mol. The number of carbonyl (C=O) groups is 1. The second kappa shape index (κ2) is 14.1. The molecule has 0 aliphatic heterocycles. The van der Waals surface area contributed by atoms with Crippen LogP contribution < -0.4 is 21.1 Å². The number of anilines is 1. The summed E-state index contributed by atoms with van der Waals surface area (Å²) in [5.74, 6) is 1.98. The number of pyridine rings is 1. The normalized spacial score (nSPS) is 10.8. The molecule has 9 heteroatoms. The highest BCUT2D eigenvalue weighted by molar-refractivity contribution is 9.10. The van der Waals surface area contributed by atoms with Crippen LogP contribution in [0.3, 0.4) is 0 Å². The molecule has 29 heavy (non-hydrogen) atoms. The predicted molar refractivity (Wildman–Crippen MR) is 119 cm³/mol. The highest BCUT2D eigenvalue weighted by atomic mass is 79.9. The number of ether oxygens (including phenoxy) is 2. The van der Waals surface area contributed by atoms with Crippen molar-refractivity contribution in [1.29, 1.82) is 0 Å². The average Bonchev–Trinajstić information content (AvgIpc) is 2.70. The van der Waals surface area contributed by atoms with Crippen LogP contribution in [0.15, 0.2) is 64.3 Å². The third-order valence-corrected chi connectivity index (χ3v) is 3.51. The molecule has 0 unspecified atom stereocenters. The molecule has 2 aromatic rings. The number of nitrogens with zero attached hydrogens (tertiary/aromatic N) is 2. The summed E-state index contributed by atoms with van der Waals surface area (Å²) in [5.41, 5.74) is 5.77. The molecule has 156 valence electrons. The Kier molecular flexibility index (Phi) is 11.8. The van der Waals surface area contributed by atoms with Crippen LogP contribution >= 0.6 is 15.9 Å². The van der Waals surface area contributed by atoms with E-state index in [1.54, 1.807) is 25.6 Å². The fraction of sp³-hybridized carbons (Fsp3) is 0.250. The summed E-state index contributed by atoms with van der Waals surface area (Å²) in [6, 6.07) is 11.3. The Morgan fingerprint density at radius 1 is 1.34 bits per heavy atom. The van der Waals surface area contributed by atoms with Gasteiger partial charge in [-0.25, -0.2) is 9.98 Å². The number of hydrogen-bond donors (Lipinski definition) is 3. The lowest BCUT2D eigenvalue weighted by Gasteiger charge is -2.11. The Hall–Kier alpha value is -2.91. The standard InChI is InChI=1S/C15H15BrN4O.C5H11NO2/c1-2-8-18-15(17)20-14-13(9-11(16)10-19-14)21-12-6-4-3-5-7-12;1-5(7)6-3-4-8-2/h2-10H,1H3,(H3,17,18,19,20);3-4H2,1-2H3,(H,6,7)/b8-2+;. The maximum Gasteiger partial charge on any atom is 0.216 e. The highest BCUT2D eigenvalue weighted by Gasteiger charge is 2.08. The van der Waals surface area contributed by atoms with Crippen LogP contribution in [-0.4, -0.2) is 37.1 Å². The van der Waals surface area contributed by atoms with Gasteiger partial charge in [-0.2, -0.15) is 0 Å². The van der Waals surface area contributed by atoms with Crippen LogP contribution in [-0.2, 0) is 9.53 Å². The van der Waals surface area contributed by atoms with Crippen molar-refractivity contribution in [2.45, 2.75) is 13.8 Å². The summed E-state index contributed by atoms with van der Waals surface area (Å²) in [7, 11) is 1.60. The van der Waals surface area contributed by atoms with Crippen molar-refractivity contribution < 1.29 is 14.3 Å². The molecule has 8 nitrogen and oxygen atoms in total. The molecule has 0 atom stereocenters. The second-order valence-corrected chi connectivity index (χ2v) is 6.43. The maximum atomic E-state index is 10.2. The number of benzene rings is 1. The molecule has 0 aliphatic rings. The number of allylic oxidation sites excluding steroid dienone is 1. The van der Waals surface area contributed by atoms with Gasteiger partial charge >= 0.3 is 0 Å². The summed E-state index contributed by atoms with van der Waals surface area (Å²) < 4.78 is 11.3. The number of halogens is 1. The predicted octanol–water partition coefficient (Wildman–Crippen LogP) is 3.67. The first-order valence-corrected chi connectivity index (χ1v) is 9.58. The van der Waals surface area contributed by atoms with E-state index >= 15 is 0 Å². The fourth-order valence-corrected chi connectivity index (χ4v) is 2.16. The van der Waals surface area contributed by atoms with Crippen LogP contribution in [0.25, 0.3) is 0 Å². The van der Waals surface area contributed by atoms with E-state index in [9.17, 15) is 4.79 Å². The lowest BCUT2D eigenvalue weighted by Crippen LogP contribution is -2.23. The first kappa shape index (κ1) is 24.1. The molecule has 1 aromatic heterocycles. The number of aromatic nitrogens is 1. The maximum absolute atomic E-state index is 10.2. The Labute approximate surface area is 179 Å². The van der Waals surface area contributed by atoms with E-state index in [2.05, 4.69) is 41.3 Å². The number of nitrogens with two attached hydrogens (primary N) is 1. The molecule has 1 aromatic carbocycles. The van der Waals surface area contributed by atoms with Crippen LogP contribution in [0, 0.1) is 0 Å². The van der Waals surface area contributed by atoms with Crippen molar-refractivity contribution in [1.82, 2.24) is 10.3 Å². The van der Waals surface area contributed by atoms with Crippen molar-refractivity contribution in [3.8, 4) is 11.5 Å². The van der Waals surface area contributed by atoms with Crippen molar-refractivity contribution in [2.24, 2.45) is 10.7 Å². The van der Waals surface area contributed by atoms with E-state index in [1.165, 1.54) is 6.92 Å². The molecule has 0 saturated carbocycles. The number of para-hydroxylation sites is 1.